The molecule has 1 atom stereocenters. The molecular formula is C8H8NO2. The van der Waals surface area contributed by atoms with Crippen LogP contribution in [-0.4, -0.2) is 11.9 Å². The fourth-order valence-electron chi connectivity index (χ4n) is 1.19. The number of amides is 1. The molecule has 11 heavy (non-hydrogen) atoms. The Kier molecular flexibility index (Phi) is 1.42. The van der Waals surface area contributed by atoms with Gasteiger partial charge in [0.2, 0.25) is 6.61 Å². The number of hydrogen-bond acceptors (Lipinski definition) is 2. The Morgan fingerprint density at radius 3 is 3.45 bits per heavy atom. The van der Waals surface area contributed by atoms with Crippen LogP contribution in [0.5, 0.6) is 0 Å². The molecule has 0 bridgehead atoms. The maximum Gasteiger partial charge on any atom is 0.266 e. The summed E-state index contributed by atoms with van der Waals surface area (Å²) >= 11 is 0. The Morgan fingerprint density at radius 1 is 1.64 bits per heavy atom. The highest BCUT2D eigenvalue weighted by atomic mass is 16.5. The monoisotopic (exact) mass is 150 g/mol. The molecule has 1 amide bonds. The van der Waals surface area contributed by atoms with E-state index in [1.165, 1.54) is 6.61 Å². The van der Waals surface area contributed by atoms with E-state index in [0.717, 1.165) is 12.2 Å². The molecule has 0 aromatic heterocycles. The summed E-state index contributed by atoms with van der Waals surface area (Å²) in [5.41, 5.74) is 0. The van der Waals surface area contributed by atoms with Crippen molar-refractivity contribution in [1.29, 1.82) is 0 Å². The summed E-state index contributed by atoms with van der Waals surface area (Å²) in [4.78, 5) is 10.8. The molecule has 1 aliphatic heterocycles. The standard InChI is InChI=1S/C8H8NO2/c10-8-5-11-7-4-2-1-3-6(7)9-8/h1-2,4-6H,3H2,(H,9,10). The number of allylic oxidation sites excluding steroid dienone is 2. The average molecular weight is 150 g/mol. The molecule has 0 saturated carbocycles. The SMILES string of the molecule is O=C1[CH]OC2=CC=CCC2N1. The van der Waals surface area contributed by atoms with Crippen LogP contribution < -0.4 is 5.32 Å². The number of morpholine rings is 1. The van der Waals surface area contributed by atoms with Gasteiger partial charge in [0.05, 0.1) is 6.04 Å². The van der Waals surface area contributed by atoms with Crippen LogP contribution in [0.25, 0.3) is 0 Å². The second-order valence-corrected chi connectivity index (χ2v) is 2.53. The number of nitrogens with one attached hydrogen (secondary N) is 1. The van der Waals surface area contributed by atoms with Gasteiger partial charge in [-0.05, 0) is 12.5 Å². The molecule has 1 radical (unpaired) electrons. The van der Waals surface area contributed by atoms with E-state index in [1.54, 1.807) is 0 Å². The normalized spacial score (nSPS) is 28.2. The van der Waals surface area contributed by atoms with E-state index in [2.05, 4.69) is 5.32 Å². The quantitative estimate of drug-likeness (QED) is 0.546. The van der Waals surface area contributed by atoms with Crippen molar-refractivity contribution in [3.8, 4) is 0 Å². The van der Waals surface area contributed by atoms with Gasteiger partial charge in [-0.3, -0.25) is 4.79 Å². The van der Waals surface area contributed by atoms with E-state index in [0.29, 0.717) is 0 Å². The largest absolute Gasteiger partial charge is 0.478 e. The van der Waals surface area contributed by atoms with Crippen molar-refractivity contribution < 1.29 is 9.53 Å². The lowest BCUT2D eigenvalue weighted by Gasteiger charge is -2.26. The third kappa shape index (κ3) is 1.13. The molecule has 1 fully saturated rings. The smallest absolute Gasteiger partial charge is 0.266 e. The molecule has 57 valence electrons. The first-order valence-corrected chi connectivity index (χ1v) is 3.53. The number of carbonyl (C=O) groups excluding carboxylic acids is 1. The summed E-state index contributed by atoms with van der Waals surface area (Å²) < 4.78 is 5.07. The molecule has 3 heteroatoms. The molecule has 1 unspecified atom stereocenters. The number of hydrogen-bond donors (Lipinski definition) is 1. The van der Waals surface area contributed by atoms with Crippen molar-refractivity contribution in [1.82, 2.24) is 5.32 Å². The van der Waals surface area contributed by atoms with Crippen molar-refractivity contribution >= 4 is 5.91 Å². The average Bonchev–Trinajstić information content (AvgIpc) is 2.04. The predicted octanol–water partition coefficient (Wildman–Crippen LogP) is 0.507. The van der Waals surface area contributed by atoms with Crippen molar-refractivity contribution in [3.05, 3.63) is 30.6 Å². The maximum atomic E-state index is 10.8. The minimum Gasteiger partial charge on any atom is -0.478 e. The van der Waals surface area contributed by atoms with Crippen LogP contribution in [-0.2, 0) is 9.53 Å². The molecule has 0 spiro atoms. The lowest BCUT2D eigenvalue weighted by molar-refractivity contribution is -0.123. The zero-order valence-corrected chi connectivity index (χ0v) is 5.91. The molecule has 0 aromatic rings. The van der Waals surface area contributed by atoms with Crippen molar-refractivity contribution in [2.45, 2.75) is 12.5 Å². The topological polar surface area (TPSA) is 38.3 Å². The van der Waals surface area contributed by atoms with Gasteiger partial charge < -0.3 is 10.1 Å². The van der Waals surface area contributed by atoms with Gasteiger partial charge >= 0.3 is 0 Å². The Labute approximate surface area is 64.7 Å². The van der Waals surface area contributed by atoms with E-state index in [9.17, 15) is 4.79 Å². The van der Waals surface area contributed by atoms with E-state index in [1.807, 2.05) is 18.2 Å². The molecule has 0 aromatic carbocycles. The van der Waals surface area contributed by atoms with Gasteiger partial charge in [-0.1, -0.05) is 12.2 Å². The summed E-state index contributed by atoms with van der Waals surface area (Å²) in [6, 6.07) is 0.0532. The number of carbonyl (C=O) groups is 1. The number of rotatable bonds is 0. The predicted molar refractivity (Wildman–Crippen MR) is 39.2 cm³/mol. The maximum absolute atomic E-state index is 10.8. The zero-order valence-electron chi connectivity index (χ0n) is 5.91. The van der Waals surface area contributed by atoms with Crippen LogP contribution in [0.4, 0.5) is 0 Å². The second-order valence-electron chi connectivity index (χ2n) is 2.53. The highest BCUT2D eigenvalue weighted by Crippen LogP contribution is 2.18. The first-order chi connectivity index (χ1) is 5.36. The Morgan fingerprint density at radius 2 is 2.55 bits per heavy atom. The molecule has 1 heterocycles. The third-order valence-corrected chi connectivity index (χ3v) is 1.73. The summed E-state index contributed by atoms with van der Waals surface area (Å²) in [7, 11) is 0. The molecular weight excluding hydrogens is 142 g/mol. The van der Waals surface area contributed by atoms with Gasteiger partial charge in [-0.15, -0.1) is 0 Å². The minimum absolute atomic E-state index is 0.0532. The summed E-state index contributed by atoms with van der Waals surface area (Å²) in [6.07, 6.45) is 6.62. The van der Waals surface area contributed by atoms with Crippen LogP contribution in [0.1, 0.15) is 6.42 Å². The Bertz CT molecular complexity index is 242. The fraction of sp³-hybridized carbons (Fsp3) is 0.250. The number of ether oxygens (including phenoxy) is 1. The summed E-state index contributed by atoms with van der Waals surface area (Å²) in [5.74, 6) is 0.676. The Hall–Kier alpha value is -1.25. The van der Waals surface area contributed by atoms with Gasteiger partial charge in [0.25, 0.3) is 5.91 Å². The van der Waals surface area contributed by atoms with E-state index < -0.39 is 0 Å². The summed E-state index contributed by atoms with van der Waals surface area (Å²) in [6.45, 7) is 1.20. The molecule has 3 nitrogen and oxygen atoms in total. The van der Waals surface area contributed by atoms with E-state index >= 15 is 0 Å². The van der Waals surface area contributed by atoms with Crippen molar-refractivity contribution in [2.24, 2.45) is 0 Å². The molecule has 1 aliphatic carbocycles. The van der Waals surface area contributed by atoms with Crippen LogP contribution in [0, 0.1) is 6.61 Å². The lowest BCUT2D eigenvalue weighted by Crippen LogP contribution is -2.42. The highest BCUT2D eigenvalue weighted by molar-refractivity contribution is 5.84. The first kappa shape index (κ1) is 6.46. The number of fused-ring (bicyclic) bond motifs is 1. The Balaban J connectivity index is 2.16. The zero-order chi connectivity index (χ0) is 7.68. The lowest BCUT2D eigenvalue weighted by atomic mass is 10.1. The molecule has 1 saturated heterocycles. The molecule has 2 aliphatic rings. The van der Waals surface area contributed by atoms with Gasteiger partial charge in [0.1, 0.15) is 5.76 Å². The van der Waals surface area contributed by atoms with Crippen molar-refractivity contribution in [2.75, 3.05) is 0 Å². The molecule has 2 rings (SSSR count). The third-order valence-electron chi connectivity index (χ3n) is 1.73. The molecule has 1 N–H and O–H groups in total. The van der Waals surface area contributed by atoms with Crippen LogP contribution >= 0.6 is 0 Å². The fourth-order valence-corrected chi connectivity index (χ4v) is 1.19. The van der Waals surface area contributed by atoms with Crippen LogP contribution in [0.3, 0.4) is 0 Å². The van der Waals surface area contributed by atoms with Gasteiger partial charge in [-0.25, -0.2) is 0 Å². The van der Waals surface area contributed by atoms with Crippen LogP contribution in [0.2, 0.25) is 0 Å². The van der Waals surface area contributed by atoms with Crippen molar-refractivity contribution in [3.63, 3.8) is 0 Å². The summed E-state index contributed by atoms with van der Waals surface area (Å²) in [5, 5.41) is 2.78. The van der Waals surface area contributed by atoms with Crippen LogP contribution in [0.15, 0.2) is 24.0 Å². The van der Waals surface area contributed by atoms with E-state index in [-0.39, 0.29) is 11.9 Å². The van der Waals surface area contributed by atoms with Gasteiger partial charge in [-0.2, -0.15) is 0 Å². The van der Waals surface area contributed by atoms with E-state index in [4.69, 9.17) is 4.74 Å². The minimum atomic E-state index is -0.151. The first-order valence-electron chi connectivity index (χ1n) is 3.53. The highest BCUT2D eigenvalue weighted by Gasteiger charge is 2.24. The second kappa shape index (κ2) is 2.42. The van der Waals surface area contributed by atoms with Gasteiger partial charge in [0, 0.05) is 0 Å². The van der Waals surface area contributed by atoms with Gasteiger partial charge in [0.15, 0.2) is 0 Å².